The van der Waals surface area contributed by atoms with Crippen LogP contribution in [-0.2, 0) is 0 Å². The van der Waals surface area contributed by atoms with Crippen LogP contribution >= 0.6 is 0 Å². The van der Waals surface area contributed by atoms with Gasteiger partial charge in [0.15, 0.2) is 0 Å². The number of hydrogen-bond acceptors (Lipinski definition) is 6. The Bertz CT molecular complexity index is 1450. The molecule has 5 rings (SSSR count). The van der Waals surface area contributed by atoms with Crippen LogP contribution in [-0.4, -0.2) is 53.8 Å². The summed E-state index contributed by atoms with van der Waals surface area (Å²) in [6, 6.07) is 14.9. The highest BCUT2D eigenvalue weighted by atomic mass is 16.5. The monoisotopic (exact) mass is 483 g/mol. The number of hydrogen-bond donors (Lipinski definition) is 1. The van der Waals surface area contributed by atoms with Gasteiger partial charge in [0.1, 0.15) is 23.3 Å². The molecule has 3 heterocycles. The molecule has 1 saturated heterocycles. The van der Waals surface area contributed by atoms with E-state index in [0.29, 0.717) is 47.4 Å². The highest BCUT2D eigenvalue weighted by Crippen LogP contribution is 2.34. The van der Waals surface area contributed by atoms with E-state index in [1.165, 1.54) is 0 Å². The molecule has 1 aliphatic heterocycles. The van der Waals surface area contributed by atoms with Crippen LogP contribution in [0.1, 0.15) is 25.3 Å². The molecule has 1 fully saturated rings. The van der Waals surface area contributed by atoms with Gasteiger partial charge in [-0.25, -0.2) is 4.79 Å². The van der Waals surface area contributed by atoms with Crippen LogP contribution in [0.4, 0.5) is 4.79 Å². The molecule has 0 saturated carbocycles. The Morgan fingerprint density at radius 3 is 2.78 bits per heavy atom. The third kappa shape index (κ3) is 4.83. The number of amides is 1. The fourth-order valence-corrected chi connectivity index (χ4v) is 4.61. The number of carbonyl (C=O) groups is 1. The maximum Gasteiger partial charge on any atom is 0.326 e. The second-order valence-electron chi connectivity index (χ2n) is 9.19. The Hall–Kier alpha value is -4.09. The van der Waals surface area contributed by atoms with Crippen molar-refractivity contribution in [2.24, 2.45) is 5.92 Å². The summed E-state index contributed by atoms with van der Waals surface area (Å²) in [5, 5.41) is 14.2. The van der Waals surface area contributed by atoms with Crippen molar-refractivity contribution in [3.63, 3.8) is 0 Å². The van der Waals surface area contributed by atoms with Crippen molar-refractivity contribution in [2.75, 3.05) is 33.3 Å². The topological polar surface area (TPSA) is 92.4 Å². The number of ether oxygens (including phenoxy) is 2. The summed E-state index contributed by atoms with van der Waals surface area (Å²) in [5.74, 6) is 2.27. The lowest BCUT2D eigenvalue weighted by atomic mass is 9.98. The van der Waals surface area contributed by atoms with Gasteiger partial charge in [0.05, 0.1) is 23.2 Å². The van der Waals surface area contributed by atoms with Crippen molar-refractivity contribution in [2.45, 2.75) is 19.8 Å². The van der Waals surface area contributed by atoms with E-state index in [-0.39, 0.29) is 6.03 Å². The van der Waals surface area contributed by atoms with Gasteiger partial charge in [-0.3, -0.25) is 9.55 Å². The summed E-state index contributed by atoms with van der Waals surface area (Å²) < 4.78 is 13.9. The van der Waals surface area contributed by atoms with E-state index in [1.54, 1.807) is 29.1 Å². The van der Waals surface area contributed by atoms with E-state index in [9.17, 15) is 10.1 Å². The first-order valence-electron chi connectivity index (χ1n) is 12.3. The molecule has 184 valence electrons. The Kier molecular flexibility index (Phi) is 6.74. The van der Waals surface area contributed by atoms with Crippen LogP contribution in [0.15, 0.2) is 54.9 Å². The number of likely N-dealkylation sites (tertiary alicyclic amines) is 1. The number of nitriles is 1. The van der Waals surface area contributed by atoms with Crippen molar-refractivity contribution >= 4 is 27.8 Å². The zero-order chi connectivity index (χ0) is 25.1. The summed E-state index contributed by atoms with van der Waals surface area (Å²) in [4.78, 5) is 19.1. The molecule has 0 unspecified atom stereocenters. The van der Waals surface area contributed by atoms with Gasteiger partial charge < -0.3 is 19.7 Å². The fourth-order valence-electron chi connectivity index (χ4n) is 4.61. The van der Waals surface area contributed by atoms with Crippen LogP contribution < -0.4 is 14.8 Å². The van der Waals surface area contributed by atoms with Gasteiger partial charge in [-0.1, -0.05) is 0 Å². The highest BCUT2D eigenvalue weighted by molar-refractivity contribution is 5.92. The molecule has 8 nitrogen and oxygen atoms in total. The minimum Gasteiger partial charge on any atom is -0.492 e. The molecule has 0 radical (unpaired) electrons. The first kappa shape index (κ1) is 23.6. The number of aromatic nitrogens is 2. The standard InChI is InChI=1S/C28H29N5O3/c1-3-30-28(34)33-13-9-20-14-22(4-5-25(20)33)36-26-6-10-31-24-16-27(21(17-29)15-23(24)26)35-18-19-7-11-32(2)12-8-19/h4-6,9-10,13-16,19H,3,7-8,11-12,18H2,1-2H3,(H,30,34). The van der Waals surface area contributed by atoms with Crippen molar-refractivity contribution in [3.8, 4) is 23.3 Å². The van der Waals surface area contributed by atoms with Crippen LogP contribution in [0, 0.1) is 17.2 Å². The number of carbonyl (C=O) groups excluding carboxylic acids is 1. The molecule has 1 aliphatic rings. The molecular weight excluding hydrogens is 454 g/mol. The lowest BCUT2D eigenvalue weighted by Gasteiger charge is -2.28. The fraction of sp³-hybridized carbons (Fsp3) is 0.321. The minimum atomic E-state index is -0.167. The van der Waals surface area contributed by atoms with Gasteiger partial charge in [0, 0.05) is 35.8 Å². The predicted octanol–water partition coefficient (Wildman–Crippen LogP) is 5.15. The molecule has 0 aliphatic carbocycles. The largest absolute Gasteiger partial charge is 0.492 e. The second-order valence-corrected chi connectivity index (χ2v) is 9.19. The molecule has 0 spiro atoms. The Balaban J connectivity index is 1.38. The molecule has 0 bridgehead atoms. The summed E-state index contributed by atoms with van der Waals surface area (Å²) in [7, 11) is 2.14. The average molecular weight is 484 g/mol. The number of rotatable bonds is 6. The SMILES string of the molecule is CCNC(=O)n1ccc2cc(Oc3ccnc4cc(OCC5CCN(C)CC5)c(C#N)cc34)ccc21. The molecule has 0 atom stereocenters. The van der Waals surface area contributed by atoms with Gasteiger partial charge in [-0.15, -0.1) is 0 Å². The molecule has 4 aromatic rings. The zero-order valence-corrected chi connectivity index (χ0v) is 20.5. The molecule has 36 heavy (non-hydrogen) atoms. The number of nitrogens with one attached hydrogen (secondary N) is 1. The maximum atomic E-state index is 12.3. The van der Waals surface area contributed by atoms with Gasteiger partial charge in [0.25, 0.3) is 0 Å². The van der Waals surface area contributed by atoms with Crippen LogP contribution in [0.5, 0.6) is 17.2 Å². The summed E-state index contributed by atoms with van der Waals surface area (Å²) in [6.45, 7) is 5.19. The quantitative estimate of drug-likeness (QED) is 0.408. The van der Waals surface area contributed by atoms with Gasteiger partial charge in [0.2, 0.25) is 0 Å². The van der Waals surface area contributed by atoms with E-state index in [1.807, 2.05) is 37.3 Å². The normalized spacial score (nSPS) is 14.6. The molecule has 8 heteroatoms. The van der Waals surface area contributed by atoms with Crippen LogP contribution in [0.25, 0.3) is 21.8 Å². The number of benzene rings is 2. The van der Waals surface area contributed by atoms with Crippen molar-refractivity contribution < 1.29 is 14.3 Å². The van der Waals surface area contributed by atoms with E-state index < -0.39 is 0 Å². The molecule has 2 aromatic heterocycles. The maximum absolute atomic E-state index is 12.3. The summed E-state index contributed by atoms with van der Waals surface area (Å²) in [6.07, 6.45) is 5.63. The number of nitrogens with zero attached hydrogens (tertiary/aromatic N) is 4. The first-order valence-corrected chi connectivity index (χ1v) is 12.3. The Labute approximate surface area is 210 Å². The highest BCUT2D eigenvalue weighted by Gasteiger charge is 2.19. The first-order chi connectivity index (χ1) is 17.6. The smallest absolute Gasteiger partial charge is 0.326 e. The van der Waals surface area contributed by atoms with Crippen molar-refractivity contribution in [3.05, 3.63) is 60.4 Å². The van der Waals surface area contributed by atoms with E-state index in [0.717, 1.165) is 42.2 Å². The molecule has 2 aromatic carbocycles. The molecular formula is C28H29N5O3. The summed E-state index contributed by atoms with van der Waals surface area (Å²) >= 11 is 0. The molecule has 1 amide bonds. The zero-order valence-electron chi connectivity index (χ0n) is 20.5. The second kappa shape index (κ2) is 10.3. The van der Waals surface area contributed by atoms with Gasteiger partial charge >= 0.3 is 6.03 Å². The molecule has 1 N–H and O–H groups in total. The van der Waals surface area contributed by atoms with Crippen LogP contribution in [0.3, 0.4) is 0 Å². The lowest BCUT2D eigenvalue weighted by Crippen LogP contribution is -2.32. The number of pyridine rings is 1. The number of piperidine rings is 1. The van der Waals surface area contributed by atoms with Gasteiger partial charge in [-0.2, -0.15) is 5.26 Å². The Morgan fingerprint density at radius 1 is 1.17 bits per heavy atom. The number of fused-ring (bicyclic) bond motifs is 2. The van der Waals surface area contributed by atoms with E-state index >= 15 is 0 Å². The van der Waals surface area contributed by atoms with Crippen LogP contribution in [0.2, 0.25) is 0 Å². The third-order valence-electron chi connectivity index (χ3n) is 6.67. The van der Waals surface area contributed by atoms with E-state index in [4.69, 9.17) is 9.47 Å². The van der Waals surface area contributed by atoms with Crippen molar-refractivity contribution in [1.29, 1.82) is 5.26 Å². The minimum absolute atomic E-state index is 0.167. The van der Waals surface area contributed by atoms with Gasteiger partial charge in [-0.05, 0) is 82.2 Å². The Morgan fingerprint density at radius 2 is 2.00 bits per heavy atom. The lowest BCUT2D eigenvalue weighted by molar-refractivity contribution is 0.160. The van der Waals surface area contributed by atoms with E-state index in [2.05, 4.69) is 28.3 Å². The predicted molar refractivity (Wildman–Crippen MR) is 139 cm³/mol. The third-order valence-corrected chi connectivity index (χ3v) is 6.67. The average Bonchev–Trinajstić information content (AvgIpc) is 3.31. The van der Waals surface area contributed by atoms with Crippen molar-refractivity contribution in [1.82, 2.24) is 19.8 Å². The summed E-state index contributed by atoms with van der Waals surface area (Å²) in [5.41, 5.74) is 1.96.